The predicted octanol–water partition coefficient (Wildman–Crippen LogP) is 3.61. The molecule has 0 fully saturated rings. The van der Waals surface area contributed by atoms with Crippen LogP contribution in [0.3, 0.4) is 0 Å². The summed E-state index contributed by atoms with van der Waals surface area (Å²) in [5.74, 6) is -1.30. The Labute approximate surface area is 162 Å². The van der Waals surface area contributed by atoms with Crippen molar-refractivity contribution in [3.05, 3.63) is 72.2 Å². The summed E-state index contributed by atoms with van der Waals surface area (Å²) in [6, 6.07) is 13.6. The fourth-order valence-electron chi connectivity index (χ4n) is 2.73. The van der Waals surface area contributed by atoms with Gasteiger partial charge >= 0.3 is 0 Å². The number of carbonyl (C=O) groups excluding carboxylic acids is 2. The van der Waals surface area contributed by atoms with Crippen molar-refractivity contribution in [1.29, 1.82) is 0 Å². The molecule has 1 unspecified atom stereocenters. The van der Waals surface area contributed by atoms with Crippen molar-refractivity contribution in [2.45, 2.75) is 19.9 Å². The van der Waals surface area contributed by atoms with E-state index in [2.05, 4.69) is 20.8 Å². The Hall–Kier alpha value is -3.48. The van der Waals surface area contributed by atoms with E-state index in [1.807, 2.05) is 32.0 Å². The van der Waals surface area contributed by atoms with Crippen LogP contribution in [0.1, 0.15) is 24.2 Å². The first-order valence-electron chi connectivity index (χ1n) is 8.91. The first-order chi connectivity index (χ1) is 13.4. The lowest BCUT2D eigenvalue weighted by Crippen LogP contribution is -2.47. The maximum Gasteiger partial charge on any atom is 0.251 e. The summed E-state index contributed by atoms with van der Waals surface area (Å²) in [7, 11) is 0. The van der Waals surface area contributed by atoms with E-state index in [-0.39, 0.29) is 11.8 Å². The Bertz CT molecular complexity index is 936. The van der Waals surface area contributed by atoms with Crippen LogP contribution in [-0.4, -0.2) is 28.1 Å². The van der Waals surface area contributed by atoms with Gasteiger partial charge in [0.1, 0.15) is 11.9 Å². The summed E-state index contributed by atoms with van der Waals surface area (Å²) < 4.78 is 13.0. The first-order valence-corrected chi connectivity index (χ1v) is 8.91. The molecule has 3 aromatic rings. The van der Waals surface area contributed by atoms with Gasteiger partial charge in [-0.3, -0.25) is 14.7 Å². The van der Waals surface area contributed by atoms with Gasteiger partial charge in [0.25, 0.3) is 5.91 Å². The number of carbonyl (C=O) groups is 2. The van der Waals surface area contributed by atoms with Gasteiger partial charge < -0.3 is 10.6 Å². The lowest BCUT2D eigenvalue weighted by Gasteiger charge is -2.22. The van der Waals surface area contributed by atoms with Gasteiger partial charge in [0.2, 0.25) is 5.91 Å². The van der Waals surface area contributed by atoms with E-state index >= 15 is 0 Å². The standard InChI is InChI=1S/C21H21FN4O2/c1-13(2)19(25-20(27)15-3-7-16(22)8-4-15)21(28)24-17-9-5-14(6-10-17)18-11-12-23-26-18/h3-13,19H,1-2H3,(H,23,26)(H,24,28)(H,25,27). The molecule has 1 aromatic heterocycles. The molecule has 3 N–H and O–H groups in total. The Kier molecular flexibility index (Phi) is 5.84. The van der Waals surface area contributed by atoms with E-state index in [1.54, 1.807) is 18.3 Å². The minimum absolute atomic E-state index is 0.131. The second-order valence-electron chi connectivity index (χ2n) is 6.74. The molecular formula is C21H21FN4O2. The van der Waals surface area contributed by atoms with Gasteiger partial charge in [0, 0.05) is 17.4 Å². The Morgan fingerprint density at radius 1 is 1.00 bits per heavy atom. The van der Waals surface area contributed by atoms with Crippen molar-refractivity contribution < 1.29 is 14.0 Å². The third-order valence-corrected chi connectivity index (χ3v) is 4.31. The van der Waals surface area contributed by atoms with Gasteiger partial charge in [-0.2, -0.15) is 5.10 Å². The van der Waals surface area contributed by atoms with Gasteiger partial charge in [-0.05, 0) is 53.9 Å². The van der Waals surface area contributed by atoms with Crippen LogP contribution in [0.4, 0.5) is 10.1 Å². The molecule has 0 saturated carbocycles. The molecule has 2 aromatic carbocycles. The summed E-state index contributed by atoms with van der Waals surface area (Å²) >= 11 is 0. The van der Waals surface area contributed by atoms with Crippen LogP contribution in [0.5, 0.6) is 0 Å². The molecule has 0 radical (unpaired) electrons. The average Bonchev–Trinajstić information content (AvgIpc) is 3.21. The normalized spacial score (nSPS) is 11.9. The van der Waals surface area contributed by atoms with Crippen molar-refractivity contribution in [2.75, 3.05) is 5.32 Å². The Morgan fingerprint density at radius 3 is 2.25 bits per heavy atom. The van der Waals surface area contributed by atoms with Gasteiger partial charge in [0.15, 0.2) is 0 Å². The highest BCUT2D eigenvalue weighted by Crippen LogP contribution is 2.19. The van der Waals surface area contributed by atoms with E-state index in [0.29, 0.717) is 11.3 Å². The fraction of sp³-hybridized carbons (Fsp3) is 0.190. The molecule has 7 heteroatoms. The molecule has 0 spiro atoms. The van der Waals surface area contributed by atoms with Crippen LogP contribution in [0, 0.1) is 11.7 Å². The molecule has 28 heavy (non-hydrogen) atoms. The predicted molar refractivity (Wildman–Crippen MR) is 105 cm³/mol. The molecule has 3 rings (SSSR count). The van der Waals surface area contributed by atoms with Gasteiger partial charge in [-0.25, -0.2) is 4.39 Å². The number of aromatic nitrogens is 2. The molecule has 0 bridgehead atoms. The minimum Gasteiger partial charge on any atom is -0.340 e. The second kappa shape index (κ2) is 8.47. The van der Waals surface area contributed by atoms with Gasteiger partial charge in [-0.15, -0.1) is 0 Å². The minimum atomic E-state index is -0.732. The third-order valence-electron chi connectivity index (χ3n) is 4.31. The average molecular weight is 380 g/mol. The number of anilines is 1. The summed E-state index contributed by atoms with van der Waals surface area (Å²) in [6.07, 6.45) is 1.67. The quantitative estimate of drug-likeness (QED) is 0.611. The second-order valence-corrected chi connectivity index (χ2v) is 6.74. The monoisotopic (exact) mass is 380 g/mol. The van der Waals surface area contributed by atoms with Crippen molar-refractivity contribution >= 4 is 17.5 Å². The van der Waals surface area contributed by atoms with E-state index in [9.17, 15) is 14.0 Å². The van der Waals surface area contributed by atoms with E-state index in [4.69, 9.17) is 0 Å². The fourth-order valence-corrected chi connectivity index (χ4v) is 2.73. The Balaban J connectivity index is 1.67. The molecule has 0 aliphatic heterocycles. The molecule has 0 saturated heterocycles. The number of halogens is 1. The maximum absolute atomic E-state index is 13.0. The topological polar surface area (TPSA) is 86.9 Å². The molecule has 0 aliphatic carbocycles. The molecule has 6 nitrogen and oxygen atoms in total. The summed E-state index contributed by atoms with van der Waals surface area (Å²) in [5, 5.41) is 12.3. The highest BCUT2D eigenvalue weighted by molar-refractivity contribution is 6.01. The number of amides is 2. The van der Waals surface area contributed by atoms with Crippen molar-refractivity contribution in [3.8, 4) is 11.3 Å². The first kappa shape index (κ1) is 19.3. The SMILES string of the molecule is CC(C)C(NC(=O)c1ccc(F)cc1)C(=O)Nc1ccc(-c2ccn[nH]2)cc1. The molecule has 0 aliphatic rings. The number of hydrogen-bond donors (Lipinski definition) is 3. The lowest BCUT2D eigenvalue weighted by atomic mass is 10.0. The third kappa shape index (κ3) is 4.62. The molecule has 2 amide bonds. The Morgan fingerprint density at radius 2 is 1.68 bits per heavy atom. The van der Waals surface area contributed by atoms with Crippen LogP contribution >= 0.6 is 0 Å². The molecule has 144 valence electrons. The summed E-state index contributed by atoms with van der Waals surface area (Å²) in [5.41, 5.74) is 2.74. The van der Waals surface area contributed by atoms with Crippen molar-refractivity contribution in [2.24, 2.45) is 5.92 Å². The number of hydrogen-bond acceptors (Lipinski definition) is 3. The number of nitrogens with one attached hydrogen (secondary N) is 3. The van der Waals surface area contributed by atoms with E-state index < -0.39 is 17.8 Å². The lowest BCUT2D eigenvalue weighted by molar-refractivity contribution is -0.118. The largest absolute Gasteiger partial charge is 0.340 e. The number of benzene rings is 2. The highest BCUT2D eigenvalue weighted by Gasteiger charge is 2.24. The van der Waals surface area contributed by atoms with E-state index in [1.165, 1.54) is 24.3 Å². The number of rotatable bonds is 6. The zero-order valence-electron chi connectivity index (χ0n) is 15.6. The van der Waals surface area contributed by atoms with Crippen LogP contribution in [0.25, 0.3) is 11.3 Å². The molecule has 1 heterocycles. The maximum atomic E-state index is 13.0. The summed E-state index contributed by atoms with van der Waals surface area (Å²) in [4.78, 5) is 25.1. The van der Waals surface area contributed by atoms with Crippen molar-refractivity contribution in [1.82, 2.24) is 15.5 Å². The van der Waals surface area contributed by atoms with Gasteiger partial charge in [0.05, 0.1) is 5.69 Å². The summed E-state index contributed by atoms with van der Waals surface area (Å²) in [6.45, 7) is 3.69. The van der Waals surface area contributed by atoms with Crippen LogP contribution in [0.2, 0.25) is 0 Å². The molecular weight excluding hydrogens is 359 g/mol. The van der Waals surface area contributed by atoms with Crippen molar-refractivity contribution in [3.63, 3.8) is 0 Å². The molecule has 1 atom stereocenters. The van der Waals surface area contributed by atoms with Crippen LogP contribution < -0.4 is 10.6 Å². The van der Waals surface area contributed by atoms with Crippen LogP contribution in [0.15, 0.2) is 60.8 Å². The van der Waals surface area contributed by atoms with Gasteiger partial charge in [-0.1, -0.05) is 26.0 Å². The number of H-pyrrole nitrogens is 1. The zero-order valence-corrected chi connectivity index (χ0v) is 15.6. The van der Waals surface area contributed by atoms with E-state index in [0.717, 1.165) is 11.3 Å². The number of nitrogens with zero attached hydrogens (tertiary/aromatic N) is 1. The zero-order chi connectivity index (χ0) is 20.1. The highest BCUT2D eigenvalue weighted by atomic mass is 19.1. The van der Waals surface area contributed by atoms with Crippen LogP contribution in [-0.2, 0) is 4.79 Å². The number of aromatic amines is 1. The smallest absolute Gasteiger partial charge is 0.251 e.